The van der Waals surface area contributed by atoms with E-state index in [0.717, 1.165) is 18.9 Å². The molecule has 0 aliphatic rings. The third-order valence-corrected chi connectivity index (χ3v) is 3.97. The van der Waals surface area contributed by atoms with Crippen LogP contribution in [0.4, 0.5) is 18.9 Å². The molecule has 6 nitrogen and oxygen atoms in total. The average Bonchev–Trinajstić information content (AvgIpc) is 3.04. The van der Waals surface area contributed by atoms with Crippen molar-refractivity contribution < 1.29 is 27.2 Å². The van der Waals surface area contributed by atoms with Crippen LogP contribution in [0.15, 0.2) is 28.9 Å². The number of carbonyl (C=O) groups excluding carboxylic acids is 1. The number of aryl methyl sites for hydroxylation is 1. The number of thiocarbonyl (C=S) groups is 1. The molecule has 1 aromatic carbocycles. The van der Waals surface area contributed by atoms with Gasteiger partial charge in [0.2, 0.25) is 0 Å². The summed E-state index contributed by atoms with van der Waals surface area (Å²) in [5.41, 5.74) is -0.672. The Hall–Kier alpha value is -2.62. The number of halogens is 3. The second-order valence-corrected chi connectivity index (χ2v) is 6.38. The van der Waals surface area contributed by atoms with Gasteiger partial charge in [-0.2, -0.15) is 13.2 Å². The highest BCUT2D eigenvalue weighted by molar-refractivity contribution is 7.80. The molecule has 0 atom stereocenters. The summed E-state index contributed by atoms with van der Waals surface area (Å²) in [5, 5.41) is 8.25. The fraction of sp³-hybridized carbons (Fsp3) is 0.389. The maximum atomic E-state index is 13.4. The highest BCUT2D eigenvalue weighted by Crippen LogP contribution is 2.38. The third-order valence-electron chi connectivity index (χ3n) is 3.77. The third kappa shape index (κ3) is 5.95. The van der Waals surface area contributed by atoms with E-state index in [1.807, 2.05) is 6.92 Å². The number of hydrogen-bond acceptors (Lipinski definition) is 5. The van der Waals surface area contributed by atoms with Gasteiger partial charge in [-0.3, -0.25) is 10.1 Å². The van der Waals surface area contributed by atoms with Crippen LogP contribution < -0.4 is 15.4 Å². The van der Waals surface area contributed by atoms with E-state index in [-0.39, 0.29) is 28.7 Å². The maximum Gasteiger partial charge on any atom is 0.420 e. The Morgan fingerprint density at radius 3 is 2.68 bits per heavy atom. The molecule has 0 unspecified atom stereocenters. The molecule has 0 aliphatic carbocycles. The summed E-state index contributed by atoms with van der Waals surface area (Å²) in [6.45, 7) is 3.75. The lowest BCUT2D eigenvalue weighted by Crippen LogP contribution is -2.34. The van der Waals surface area contributed by atoms with E-state index in [1.165, 1.54) is 18.3 Å². The van der Waals surface area contributed by atoms with Crippen LogP contribution in [0.1, 0.15) is 47.9 Å². The van der Waals surface area contributed by atoms with Crippen LogP contribution in [0, 0.1) is 6.92 Å². The van der Waals surface area contributed by atoms with Crippen LogP contribution in [0.2, 0.25) is 0 Å². The minimum absolute atomic E-state index is 0.0700. The number of nitrogens with one attached hydrogen (secondary N) is 2. The quantitative estimate of drug-likeness (QED) is 0.504. The molecule has 1 amide bonds. The van der Waals surface area contributed by atoms with E-state index >= 15 is 0 Å². The first-order valence-corrected chi connectivity index (χ1v) is 9.00. The number of hydrogen-bond donors (Lipinski definition) is 2. The molecule has 0 bridgehead atoms. The number of carbonyl (C=O) groups is 1. The summed E-state index contributed by atoms with van der Waals surface area (Å²) in [6.07, 6.45) is -0.884. The number of benzene rings is 1. The van der Waals surface area contributed by atoms with E-state index in [4.69, 9.17) is 21.5 Å². The van der Waals surface area contributed by atoms with Gasteiger partial charge in [0.05, 0.1) is 18.4 Å². The first-order chi connectivity index (χ1) is 13.2. The molecular weight excluding hydrogens is 395 g/mol. The van der Waals surface area contributed by atoms with Gasteiger partial charge < -0.3 is 14.6 Å². The largest absolute Gasteiger partial charge is 0.493 e. The van der Waals surface area contributed by atoms with Crippen LogP contribution in [-0.2, 0) is 6.18 Å². The first-order valence-electron chi connectivity index (χ1n) is 8.60. The number of alkyl halides is 3. The minimum atomic E-state index is -4.60. The van der Waals surface area contributed by atoms with Crippen molar-refractivity contribution in [1.82, 2.24) is 10.5 Å². The summed E-state index contributed by atoms with van der Waals surface area (Å²) in [7, 11) is 0. The first kappa shape index (κ1) is 21.7. The number of anilines is 1. The van der Waals surface area contributed by atoms with Crippen molar-refractivity contribution in [3.05, 3.63) is 41.3 Å². The number of unbranched alkanes of at least 4 members (excludes halogenated alkanes) is 2. The van der Waals surface area contributed by atoms with Gasteiger partial charge in [0.25, 0.3) is 5.91 Å². The molecule has 2 aromatic rings. The Bertz CT molecular complexity index is 837. The van der Waals surface area contributed by atoms with E-state index in [9.17, 15) is 18.0 Å². The van der Waals surface area contributed by atoms with Crippen LogP contribution in [-0.4, -0.2) is 22.8 Å². The van der Waals surface area contributed by atoms with Crippen molar-refractivity contribution in [3.8, 4) is 5.75 Å². The number of ether oxygens (including phenoxy) is 1. The fourth-order valence-corrected chi connectivity index (χ4v) is 2.55. The van der Waals surface area contributed by atoms with Gasteiger partial charge in [0, 0.05) is 5.69 Å². The second kappa shape index (κ2) is 9.54. The molecule has 0 spiro atoms. The average molecular weight is 415 g/mol. The summed E-state index contributed by atoms with van der Waals surface area (Å²) < 4.78 is 50.1. The van der Waals surface area contributed by atoms with E-state index in [2.05, 4.69) is 15.8 Å². The van der Waals surface area contributed by atoms with Crippen molar-refractivity contribution in [1.29, 1.82) is 0 Å². The van der Waals surface area contributed by atoms with Gasteiger partial charge in [0.15, 0.2) is 5.11 Å². The molecule has 0 radical (unpaired) electrons. The lowest BCUT2D eigenvalue weighted by molar-refractivity contribution is -0.138. The molecule has 0 saturated carbocycles. The minimum Gasteiger partial charge on any atom is -0.493 e. The zero-order valence-corrected chi connectivity index (χ0v) is 16.2. The molecule has 10 heteroatoms. The smallest absolute Gasteiger partial charge is 0.420 e. The zero-order chi connectivity index (χ0) is 20.7. The molecule has 1 heterocycles. The normalized spacial score (nSPS) is 11.2. The summed E-state index contributed by atoms with van der Waals surface area (Å²) in [6, 6.07) is 3.51. The molecule has 28 heavy (non-hydrogen) atoms. The van der Waals surface area contributed by atoms with Gasteiger partial charge in [-0.15, -0.1) is 0 Å². The predicted octanol–water partition coefficient (Wildman–Crippen LogP) is 4.70. The van der Waals surface area contributed by atoms with Gasteiger partial charge >= 0.3 is 6.18 Å². The predicted molar refractivity (Wildman–Crippen MR) is 101 cm³/mol. The summed E-state index contributed by atoms with van der Waals surface area (Å²) >= 11 is 4.99. The Morgan fingerprint density at radius 1 is 1.32 bits per heavy atom. The molecular formula is C18H20F3N3O3S. The lowest BCUT2D eigenvalue weighted by Gasteiger charge is -2.16. The molecule has 0 saturated heterocycles. The molecule has 2 rings (SSSR count). The van der Waals surface area contributed by atoms with Crippen molar-refractivity contribution in [3.63, 3.8) is 0 Å². The lowest BCUT2D eigenvalue weighted by atomic mass is 10.1. The van der Waals surface area contributed by atoms with Gasteiger partial charge in [-0.25, -0.2) is 0 Å². The number of nitrogens with zero attached hydrogens (tertiary/aromatic N) is 1. The SMILES string of the molecule is CCCCCOc1ccc(NC(=S)NC(=O)c2cnoc2C)cc1C(F)(F)F. The standard InChI is InChI=1S/C18H20F3N3O3S/c1-3-4-5-8-26-15-7-6-12(9-14(15)18(19,20)21)23-17(28)24-16(25)13-10-22-27-11(13)2/h6-7,9-10H,3-5,8H2,1-2H3,(H2,23,24,25,28). The highest BCUT2D eigenvalue weighted by Gasteiger charge is 2.34. The number of aromatic nitrogens is 1. The van der Waals surface area contributed by atoms with Gasteiger partial charge in [0.1, 0.15) is 17.1 Å². The topological polar surface area (TPSA) is 76.4 Å². The van der Waals surface area contributed by atoms with Crippen LogP contribution >= 0.6 is 12.2 Å². The Labute approximate surface area is 165 Å². The fourth-order valence-electron chi connectivity index (χ4n) is 2.34. The van der Waals surface area contributed by atoms with E-state index in [0.29, 0.717) is 12.2 Å². The Balaban J connectivity index is 2.07. The van der Waals surface area contributed by atoms with E-state index in [1.54, 1.807) is 6.92 Å². The van der Waals surface area contributed by atoms with Gasteiger partial charge in [-0.1, -0.05) is 24.9 Å². The summed E-state index contributed by atoms with van der Waals surface area (Å²) in [5.74, 6) is -0.531. The Kier molecular flexibility index (Phi) is 7.38. The molecule has 0 fully saturated rings. The molecule has 0 aliphatic heterocycles. The Morgan fingerprint density at radius 2 is 2.07 bits per heavy atom. The van der Waals surface area contributed by atoms with Crippen LogP contribution in [0.5, 0.6) is 5.75 Å². The van der Waals surface area contributed by atoms with Crippen molar-refractivity contribution in [2.24, 2.45) is 0 Å². The van der Waals surface area contributed by atoms with Gasteiger partial charge in [-0.05, 0) is 43.8 Å². The van der Waals surface area contributed by atoms with Crippen molar-refractivity contribution >= 4 is 28.9 Å². The zero-order valence-electron chi connectivity index (χ0n) is 15.4. The summed E-state index contributed by atoms with van der Waals surface area (Å²) in [4.78, 5) is 12.0. The molecule has 2 N–H and O–H groups in total. The van der Waals surface area contributed by atoms with Crippen LogP contribution in [0.25, 0.3) is 0 Å². The monoisotopic (exact) mass is 415 g/mol. The van der Waals surface area contributed by atoms with Crippen LogP contribution in [0.3, 0.4) is 0 Å². The highest BCUT2D eigenvalue weighted by atomic mass is 32.1. The number of rotatable bonds is 7. The van der Waals surface area contributed by atoms with Crippen molar-refractivity contribution in [2.45, 2.75) is 39.3 Å². The second-order valence-electron chi connectivity index (χ2n) is 5.97. The molecule has 152 valence electrons. The number of amides is 1. The maximum absolute atomic E-state index is 13.4. The molecule has 1 aromatic heterocycles. The van der Waals surface area contributed by atoms with Crippen molar-refractivity contribution in [2.75, 3.05) is 11.9 Å². The van der Waals surface area contributed by atoms with E-state index < -0.39 is 17.6 Å².